The van der Waals surface area contributed by atoms with Crippen LogP contribution < -0.4 is 4.74 Å². The minimum atomic E-state index is -0.914. The second-order valence-corrected chi connectivity index (χ2v) is 7.30. The molecule has 0 aliphatic carbocycles. The van der Waals surface area contributed by atoms with Gasteiger partial charge in [0.25, 0.3) is 11.7 Å². The molecule has 7 heteroatoms. The highest BCUT2D eigenvalue weighted by Gasteiger charge is 2.46. The van der Waals surface area contributed by atoms with Gasteiger partial charge in [0.05, 0.1) is 31.5 Å². The summed E-state index contributed by atoms with van der Waals surface area (Å²) in [4.78, 5) is 27.2. The molecule has 2 N–H and O–H groups in total. The first kappa shape index (κ1) is 20.3. The van der Waals surface area contributed by atoms with Gasteiger partial charge in [-0.2, -0.15) is 0 Å². The largest absolute Gasteiger partial charge is 0.507 e. The summed E-state index contributed by atoms with van der Waals surface area (Å²) in [6.45, 7) is 1.94. The van der Waals surface area contributed by atoms with Crippen molar-refractivity contribution in [1.29, 1.82) is 0 Å². The predicted molar refractivity (Wildman–Crippen MR) is 112 cm³/mol. The van der Waals surface area contributed by atoms with Crippen molar-refractivity contribution in [2.24, 2.45) is 0 Å². The maximum Gasteiger partial charge on any atom is 0.296 e. The molecule has 0 radical (unpaired) electrons. The summed E-state index contributed by atoms with van der Waals surface area (Å²) >= 11 is 0. The van der Waals surface area contributed by atoms with Gasteiger partial charge in [-0.25, -0.2) is 0 Å². The molecule has 1 amide bonds. The number of Topliss-reactive ketones (excluding diaryl/α,β-unsaturated/α-hetero) is 1. The van der Waals surface area contributed by atoms with Crippen LogP contribution in [-0.4, -0.2) is 33.9 Å². The van der Waals surface area contributed by atoms with Crippen LogP contribution in [0.4, 0.5) is 0 Å². The number of benzene rings is 2. The van der Waals surface area contributed by atoms with E-state index in [9.17, 15) is 19.8 Å². The third-order valence-corrected chi connectivity index (χ3v) is 5.29. The number of aliphatic hydroxyl groups excluding tert-OH is 1. The molecule has 2 aromatic carbocycles. The van der Waals surface area contributed by atoms with Crippen molar-refractivity contribution >= 4 is 17.4 Å². The molecule has 158 valence electrons. The lowest BCUT2D eigenvalue weighted by molar-refractivity contribution is -0.140. The number of ether oxygens (including phenoxy) is 1. The molecule has 2 heterocycles. The number of methoxy groups -OCH3 is 1. The van der Waals surface area contributed by atoms with E-state index in [4.69, 9.17) is 9.15 Å². The van der Waals surface area contributed by atoms with Crippen LogP contribution in [0.3, 0.4) is 0 Å². The molecular formula is C24H21NO6. The Morgan fingerprint density at radius 3 is 2.48 bits per heavy atom. The first-order chi connectivity index (χ1) is 14.9. The molecule has 0 bridgehead atoms. The van der Waals surface area contributed by atoms with Crippen LogP contribution in [0.2, 0.25) is 0 Å². The van der Waals surface area contributed by atoms with Gasteiger partial charge in [-0.15, -0.1) is 0 Å². The topological polar surface area (TPSA) is 100 Å². The Balaban J connectivity index is 1.88. The summed E-state index contributed by atoms with van der Waals surface area (Å²) in [6.07, 6.45) is 1.48. The van der Waals surface area contributed by atoms with E-state index < -0.39 is 17.7 Å². The summed E-state index contributed by atoms with van der Waals surface area (Å²) in [5.41, 5.74) is 1.82. The van der Waals surface area contributed by atoms with E-state index in [2.05, 4.69) is 0 Å². The van der Waals surface area contributed by atoms with Crippen LogP contribution in [0.5, 0.6) is 11.5 Å². The van der Waals surface area contributed by atoms with Gasteiger partial charge in [-0.05, 0) is 36.8 Å². The van der Waals surface area contributed by atoms with Crippen LogP contribution in [0.15, 0.2) is 70.9 Å². The molecule has 0 spiro atoms. The highest BCUT2D eigenvalue weighted by Crippen LogP contribution is 2.42. The van der Waals surface area contributed by atoms with Crippen molar-refractivity contribution in [2.45, 2.75) is 19.5 Å². The fraction of sp³-hybridized carbons (Fsp3) is 0.167. The van der Waals surface area contributed by atoms with Gasteiger partial charge in [0.2, 0.25) is 0 Å². The highest BCUT2D eigenvalue weighted by molar-refractivity contribution is 6.46. The Morgan fingerprint density at radius 2 is 1.87 bits per heavy atom. The Labute approximate surface area is 178 Å². The normalized spacial score (nSPS) is 17.9. The molecule has 1 unspecified atom stereocenters. The first-order valence-electron chi connectivity index (χ1n) is 9.65. The zero-order valence-corrected chi connectivity index (χ0v) is 17.0. The van der Waals surface area contributed by atoms with E-state index in [-0.39, 0.29) is 29.4 Å². The lowest BCUT2D eigenvalue weighted by Crippen LogP contribution is -2.29. The molecule has 7 nitrogen and oxygen atoms in total. The van der Waals surface area contributed by atoms with Crippen LogP contribution >= 0.6 is 0 Å². The summed E-state index contributed by atoms with van der Waals surface area (Å²) in [6, 6.07) is 14.1. The van der Waals surface area contributed by atoms with Gasteiger partial charge in [-0.1, -0.05) is 35.9 Å². The van der Waals surface area contributed by atoms with Gasteiger partial charge in [-0.3, -0.25) is 9.59 Å². The molecule has 1 aliphatic rings. The standard InChI is InChI=1S/C24H21NO6/c1-14-5-7-15(8-6-14)22(27)20-21(16-9-10-19(30-2)18(26)12-16)25(24(29)23(20)28)13-17-4-3-11-31-17/h3-12,21,26-27H,13H2,1-2H3/b22-20-. The van der Waals surface area contributed by atoms with E-state index in [1.54, 1.807) is 36.4 Å². The van der Waals surface area contributed by atoms with E-state index in [1.807, 2.05) is 19.1 Å². The zero-order valence-electron chi connectivity index (χ0n) is 17.0. The number of hydrogen-bond acceptors (Lipinski definition) is 6. The molecule has 1 aliphatic heterocycles. The fourth-order valence-corrected chi connectivity index (χ4v) is 3.70. The zero-order chi connectivity index (χ0) is 22.1. The van der Waals surface area contributed by atoms with Crippen LogP contribution in [-0.2, 0) is 16.1 Å². The SMILES string of the molecule is COc1ccc(C2/C(=C(/O)c3ccc(C)cc3)C(=O)C(=O)N2Cc2ccco2)cc1O. The number of aryl methyl sites for hydroxylation is 1. The predicted octanol–water partition coefficient (Wildman–Crippen LogP) is 3.92. The number of likely N-dealkylation sites (tertiary alicyclic amines) is 1. The lowest BCUT2D eigenvalue weighted by Gasteiger charge is -2.25. The average molecular weight is 419 g/mol. The number of nitrogens with zero attached hydrogens (tertiary/aromatic N) is 1. The van der Waals surface area contributed by atoms with Crippen molar-refractivity contribution in [3.8, 4) is 11.5 Å². The number of hydrogen-bond donors (Lipinski definition) is 2. The van der Waals surface area contributed by atoms with Crippen molar-refractivity contribution < 1.29 is 29.0 Å². The number of furan rings is 1. The Kier molecular flexibility index (Phi) is 5.25. The Morgan fingerprint density at radius 1 is 1.13 bits per heavy atom. The summed E-state index contributed by atoms with van der Waals surface area (Å²) in [5.74, 6) is -1.24. The van der Waals surface area contributed by atoms with Gasteiger partial charge < -0.3 is 24.3 Å². The number of phenolic OH excluding ortho intramolecular Hbond substituents is 1. The second-order valence-electron chi connectivity index (χ2n) is 7.30. The minimum absolute atomic E-state index is 0.0275. The van der Waals surface area contributed by atoms with E-state index in [0.29, 0.717) is 16.9 Å². The van der Waals surface area contributed by atoms with Crippen LogP contribution in [0.25, 0.3) is 5.76 Å². The summed E-state index contributed by atoms with van der Waals surface area (Å²) < 4.78 is 10.5. The minimum Gasteiger partial charge on any atom is -0.507 e. The van der Waals surface area contributed by atoms with Crippen molar-refractivity contribution in [3.63, 3.8) is 0 Å². The molecular weight excluding hydrogens is 398 g/mol. The summed E-state index contributed by atoms with van der Waals surface area (Å²) in [5, 5.41) is 21.3. The molecule has 1 aromatic heterocycles. The Bertz CT molecular complexity index is 1160. The maximum absolute atomic E-state index is 13.0. The van der Waals surface area contributed by atoms with Crippen molar-refractivity contribution in [2.75, 3.05) is 7.11 Å². The number of carbonyl (C=O) groups excluding carboxylic acids is 2. The smallest absolute Gasteiger partial charge is 0.296 e. The molecule has 1 saturated heterocycles. The monoisotopic (exact) mass is 419 g/mol. The lowest BCUT2D eigenvalue weighted by atomic mass is 9.94. The average Bonchev–Trinajstić information content (AvgIpc) is 3.36. The van der Waals surface area contributed by atoms with E-state index in [0.717, 1.165) is 5.56 Å². The summed E-state index contributed by atoms with van der Waals surface area (Å²) in [7, 11) is 1.43. The molecule has 1 atom stereocenters. The van der Waals surface area contributed by atoms with Gasteiger partial charge in [0.15, 0.2) is 11.5 Å². The van der Waals surface area contributed by atoms with E-state index in [1.165, 1.54) is 24.3 Å². The molecule has 31 heavy (non-hydrogen) atoms. The molecule has 4 rings (SSSR count). The highest BCUT2D eigenvalue weighted by atomic mass is 16.5. The number of carbonyl (C=O) groups is 2. The second kappa shape index (κ2) is 8.02. The Hall–Kier alpha value is -4.00. The fourth-order valence-electron chi connectivity index (χ4n) is 3.70. The number of rotatable bonds is 5. The van der Waals surface area contributed by atoms with Crippen molar-refractivity contribution in [3.05, 3.63) is 88.9 Å². The number of amides is 1. The van der Waals surface area contributed by atoms with Crippen LogP contribution in [0, 0.1) is 6.92 Å². The molecule has 1 fully saturated rings. The van der Waals surface area contributed by atoms with Crippen LogP contribution in [0.1, 0.15) is 28.5 Å². The van der Waals surface area contributed by atoms with Gasteiger partial charge >= 0.3 is 0 Å². The number of aliphatic hydroxyl groups is 1. The number of phenols is 1. The molecule has 0 saturated carbocycles. The first-order valence-corrected chi connectivity index (χ1v) is 9.65. The van der Waals surface area contributed by atoms with Gasteiger partial charge in [0, 0.05) is 5.56 Å². The van der Waals surface area contributed by atoms with Gasteiger partial charge in [0.1, 0.15) is 11.5 Å². The van der Waals surface area contributed by atoms with E-state index >= 15 is 0 Å². The van der Waals surface area contributed by atoms with Crippen molar-refractivity contribution in [1.82, 2.24) is 4.90 Å². The third kappa shape index (κ3) is 3.66. The molecule has 3 aromatic rings. The maximum atomic E-state index is 13.0. The third-order valence-electron chi connectivity index (χ3n) is 5.29. The quantitative estimate of drug-likeness (QED) is 0.369. The number of ketones is 1. The number of aromatic hydroxyl groups is 1.